The molecule has 4 aromatic heterocycles. The van der Waals surface area contributed by atoms with Crippen molar-refractivity contribution >= 4 is 39.4 Å². The normalized spacial score (nSPS) is 11.4. The molecular formula is C48H42F2N6O8. The number of carbonyl (C=O) groups excluding carboxylic acids is 3. The largest absolute Gasteiger partial charge is 0.493 e. The fourth-order valence-corrected chi connectivity index (χ4v) is 6.92. The second-order valence-electron chi connectivity index (χ2n) is 14.2. The van der Waals surface area contributed by atoms with Crippen LogP contribution in [0.2, 0.25) is 0 Å². The molecule has 1 unspecified atom stereocenters. The van der Waals surface area contributed by atoms with Crippen LogP contribution in [0, 0.1) is 11.6 Å². The molecule has 0 saturated heterocycles. The molecule has 0 radical (unpaired) electrons. The second kappa shape index (κ2) is 19.9. The van der Waals surface area contributed by atoms with Crippen molar-refractivity contribution in [3.05, 3.63) is 156 Å². The molecule has 16 heteroatoms. The molecule has 0 amide bonds. The van der Waals surface area contributed by atoms with E-state index in [1.165, 1.54) is 53.2 Å². The minimum atomic E-state index is -0.939. The maximum atomic E-state index is 13.9. The minimum Gasteiger partial charge on any atom is -0.493 e. The number of methoxy groups -OCH3 is 4. The summed E-state index contributed by atoms with van der Waals surface area (Å²) in [7, 11) is 6.04. The van der Waals surface area contributed by atoms with Gasteiger partial charge in [0, 0.05) is 30.4 Å². The molecule has 4 aromatic carbocycles. The third-order valence-corrected chi connectivity index (χ3v) is 10.3. The molecule has 0 saturated carbocycles. The average molecular weight is 869 g/mol. The third kappa shape index (κ3) is 9.61. The Kier molecular flexibility index (Phi) is 13.7. The van der Waals surface area contributed by atoms with Crippen molar-refractivity contribution in [2.45, 2.75) is 31.8 Å². The lowest BCUT2D eigenvalue weighted by molar-refractivity contribution is 0.0915. The summed E-state index contributed by atoms with van der Waals surface area (Å²) in [6, 6.07) is 29.4. The number of ketones is 3. The molecule has 326 valence electrons. The molecule has 64 heavy (non-hydrogen) atoms. The van der Waals surface area contributed by atoms with E-state index in [4.69, 9.17) is 18.9 Å². The number of benzene rings is 4. The SMILES string of the molecule is COc1ccc(C(=O)CCC(=O)c2cccc(-n3cnc4c(F)cccc43)n2)cc1OC.COc1ccc(C(=O)CCC(O)c2cccc(-n3cnc4c(F)cccc43)n2)cc1OC. The average Bonchev–Trinajstić information content (AvgIpc) is 3.99. The molecule has 8 aromatic rings. The molecule has 0 aliphatic heterocycles. The number of imidazole rings is 2. The van der Waals surface area contributed by atoms with Crippen LogP contribution in [0.1, 0.15) is 68.7 Å². The molecule has 14 nitrogen and oxygen atoms in total. The molecule has 1 atom stereocenters. The summed E-state index contributed by atoms with van der Waals surface area (Å²) in [6.45, 7) is 0. The number of aliphatic hydroxyl groups excluding tert-OH is 1. The number of carbonyl (C=O) groups is 3. The summed E-state index contributed by atoms with van der Waals surface area (Å²) in [5.74, 6) is 1.50. The van der Waals surface area contributed by atoms with Crippen molar-refractivity contribution in [3.8, 4) is 34.6 Å². The van der Waals surface area contributed by atoms with Crippen molar-refractivity contribution in [1.29, 1.82) is 0 Å². The Bertz CT molecular complexity index is 2990. The molecule has 8 rings (SSSR count). The first-order valence-corrected chi connectivity index (χ1v) is 19.9. The number of aliphatic hydroxyl groups is 1. The fourth-order valence-electron chi connectivity index (χ4n) is 6.92. The summed E-state index contributed by atoms with van der Waals surface area (Å²) >= 11 is 0. The van der Waals surface area contributed by atoms with Gasteiger partial charge in [0.25, 0.3) is 0 Å². The summed E-state index contributed by atoms with van der Waals surface area (Å²) < 4.78 is 52.0. The van der Waals surface area contributed by atoms with Crippen LogP contribution in [0.25, 0.3) is 33.7 Å². The van der Waals surface area contributed by atoms with E-state index in [9.17, 15) is 28.3 Å². The number of hydrogen-bond donors (Lipinski definition) is 1. The van der Waals surface area contributed by atoms with Gasteiger partial charge in [0.1, 0.15) is 41.0 Å². The van der Waals surface area contributed by atoms with Gasteiger partial charge in [-0.2, -0.15) is 0 Å². The summed E-state index contributed by atoms with van der Waals surface area (Å²) in [5, 5.41) is 10.6. The van der Waals surface area contributed by atoms with Gasteiger partial charge in [0.15, 0.2) is 52.0 Å². The number of nitrogens with zero attached hydrogens (tertiary/aromatic N) is 6. The van der Waals surface area contributed by atoms with Crippen LogP contribution < -0.4 is 18.9 Å². The first-order chi connectivity index (χ1) is 31.0. The van der Waals surface area contributed by atoms with Crippen molar-refractivity contribution in [3.63, 3.8) is 0 Å². The zero-order valence-electron chi connectivity index (χ0n) is 35.2. The number of ether oxygens (including phenoxy) is 4. The molecule has 1 N–H and O–H groups in total. The van der Waals surface area contributed by atoms with Gasteiger partial charge in [0.2, 0.25) is 0 Å². The van der Waals surface area contributed by atoms with E-state index in [0.29, 0.717) is 62.5 Å². The smallest absolute Gasteiger partial charge is 0.181 e. The number of para-hydroxylation sites is 2. The Morgan fingerprint density at radius 2 is 1.03 bits per heavy atom. The lowest BCUT2D eigenvalue weighted by Crippen LogP contribution is -2.08. The van der Waals surface area contributed by atoms with Crippen LogP contribution in [0.4, 0.5) is 8.78 Å². The van der Waals surface area contributed by atoms with E-state index in [2.05, 4.69) is 19.9 Å². The lowest BCUT2D eigenvalue weighted by atomic mass is 10.0. The zero-order valence-corrected chi connectivity index (χ0v) is 35.2. The minimum absolute atomic E-state index is 0.00291. The number of rotatable bonds is 16. The highest BCUT2D eigenvalue weighted by molar-refractivity contribution is 6.02. The van der Waals surface area contributed by atoms with Crippen LogP contribution >= 0.6 is 0 Å². The van der Waals surface area contributed by atoms with Gasteiger partial charge in [-0.3, -0.25) is 23.5 Å². The molecule has 0 aliphatic rings. The molecule has 0 bridgehead atoms. The molecule has 4 heterocycles. The maximum absolute atomic E-state index is 13.9. The van der Waals surface area contributed by atoms with Gasteiger partial charge >= 0.3 is 0 Å². The van der Waals surface area contributed by atoms with Gasteiger partial charge in [-0.15, -0.1) is 0 Å². The zero-order chi connectivity index (χ0) is 45.3. The summed E-state index contributed by atoms with van der Waals surface area (Å²) in [6.07, 6.45) is 2.37. The highest BCUT2D eigenvalue weighted by atomic mass is 19.1. The van der Waals surface area contributed by atoms with Crippen molar-refractivity contribution in [2.75, 3.05) is 28.4 Å². The van der Waals surface area contributed by atoms with Crippen molar-refractivity contribution in [1.82, 2.24) is 29.1 Å². The van der Waals surface area contributed by atoms with Crippen molar-refractivity contribution < 1.29 is 47.2 Å². The Morgan fingerprint density at radius 3 is 1.56 bits per heavy atom. The molecule has 0 aliphatic carbocycles. The molecule has 0 spiro atoms. The lowest BCUT2D eigenvalue weighted by Gasteiger charge is -2.12. The fraction of sp³-hybridized carbons (Fsp3) is 0.188. The molecule has 0 fully saturated rings. The third-order valence-electron chi connectivity index (χ3n) is 10.3. The topological polar surface area (TPSA) is 170 Å². The number of pyridine rings is 2. The van der Waals surface area contributed by atoms with E-state index in [1.54, 1.807) is 106 Å². The van der Waals surface area contributed by atoms with E-state index < -0.39 is 17.7 Å². The van der Waals surface area contributed by atoms with Gasteiger partial charge < -0.3 is 24.1 Å². The monoisotopic (exact) mass is 868 g/mol. The Balaban J connectivity index is 0.000000191. The van der Waals surface area contributed by atoms with E-state index >= 15 is 0 Å². The van der Waals surface area contributed by atoms with E-state index in [-0.39, 0.29) is 59.8 Å². The second-order valence-corrected chi connectivity index (χ2v) is 14.2. The van der Waals surface area contributed by atoms with Crippen LogP contribution in [0.15, 0.2) is 122 Å². The highest BCUT2D eigenvalue weighted by Crippen LogP contribution is 2.30. The van der Waals surface area contributed by atoms with E-state index in [1.807, 2.05) is 0 Å². The van der Waals surface area contributed by atoms with Crippen LogP contribution in [-0.2, 0) is 0 Å². The number of hydrogen-bond acceptors (Lipinski definition) is 12. The van der Waals surface area contributed by atoms with Gasteiger partial charge in [-0.1, -0.05) is 24.3 Å². The predicted octanol–water partition coefficient (Wildman–Crippen LogP) is 8.70. The Labute approximate surface area is 365 Å². The standard InChI is InChI=1S/C24H22FN3O4.C24H20FN3O4/c2*1-31-21-12-9-15(13-22(21)32-2)19(29)10-11-20(30)17-6-4-8-23(27-17)28-14-26-24-16(25)5-3-7-18(24)28/h3-9,12-14,20,30H,10-11H2,1-2H3;3-9,12-14H,10-11H2,1-2H3. The summed E-state index contributed by atoms with van der Waals surface area (Å²) in [4.78, 5) is 55.0. The van der Waals surface area contributed by atoms with Crippen molar-refractivity contribution in [2.24, 2.45) is 0 Å². The maximum Gasteiger partial charge on any atom is 0.181 e. The Morgan fingerprint density at radius 1 is 0.562 bits per heavy atom. The number of fused-ring (bicyclic) bond motifs is 2. The number of Topliss-reactive ketones (excluding diaryl/α,β-unsaturated/α-hetero) is 3. The number of aromatic nitrogens is 6. The highest BCUT2D eigenvalue weighted by Gasteiger charge is 2.19. The number of halogens is 2. The predicted molar refractivity (Wildman–Crippen MR) is 233 cm³/mol. The van der Waals surface area contributed by atoms with Crippen LogP contribution in [-0.4, -0.2) is 80.0 Å². The van der Waals surface area contributed by atoms with Crippen LogP contribution in [0.3, 0.4) is 0 Å². The first kappa shape index (κ1) is 44.2. The van der Waals surface area contributed by atoms with Crippen LogP contribution in [0.5, 0.6) is 23.0 Å². The van der Waals surface area contributed by atoms with E-state index in [0.717, 1.165) is 0 Å². The quantitative estimate of drug-likeness (QED) is 0.0919. The summed E-state index contributed by atoms with van der Waals surface area (Å²) in [5.41, 5.74) is 3.15. The van der Waals surface area contributed by atoms with Gasteiger partial charge in [-0.05, 0) is 91.3 Å². The van der Waals surface area contributed by atoms with Gasteiger partial charge in [-0.25, -0.2) is 28.7 Å². The molecular weight excluding hydrogens is 827 g/mol. The van der Waals surface area contributed by atoms with Gasteiger partial charge in [0.05, 0.1) is 51.3 Å². The Hall–Kier alpha value is -7.85. The first-order valence-electron chi connectivity index (χ1n) is 19.9.